The molecule has 2 aliphatic rings. The first-order valence-electron chi connectivity index (χ1n) is 9.35. The van der Waals surface area contributed by atoms with E-state index in [2.05, 4.69) is 9.98 Å². The van der Waals surface area contributed by atoms with Crippen molar-refractivity contribution in [1.29, 1.82) is 0 Å². The van der Waals surface area contributed by atoms with Crippen LogP contribution in [0.4, 0.5) is 8.78 Å². The molecular weight excluding hydrogens is 430 g/mol. The highest BCUT2D eigenvalue weighted by Crippen LogP contribution is 2.35. The second-order valence-corrected chi connectivity index (χ2v) is 9.40. The van der Waals surface area contributed by atoms with Crippen LogP contribution in [0.25, 0.3) is 11.9 Å². The molecule has 31 heavy (non-hydrogen) atoms. The van der Waals surface area contributed by atoms with Gasteiger partial charge in [-0.2, -0.15) is 0 Å². The quantitative estimate of drug-likeness (QED) is 0.769. The number of nitrogens with zero attached hydrogens (tertiary/aromatic N) is 3. The van der Waals surface area contributed by atoms with Gasteiger partial charge in [0.05, 0.1) is 5.75 Å². The minimum atomic E-state index is -3.79. The van der Waals surface area contributed by atoms with Gasteiger partial charge in [-0.05, 0) is 42.8 Å². The van der Waals surface area contributed by atoms with Gasteiger partial charge >= 0.3 is 0 Å². The normalized spacial score (nSPS) is 22.8. The van der Waals surface area contributed by atoms with E-state index in [1.165, 1.54) is 38.2 Å². The van der Waals surface area contributed by atoms with Crippen molar-refractivity contribution in [3.05, 3.63) is 53.0 Å². The minimum Gasteiger partial charge on any atom is -0.484 e. The highest BCUT2D eigenvalue weighted by molar-refractivity contribution is 7.89. The number of rotatable bonds is 3. The Hall–Kier alpha value is -3.21. The number of nitrogens with two attached hydrogens (primary N) is 1. The van der Waals surface area contributed by atoms with Crippen LogP contribution in [0.3, 0.4) is 0 Å². The SMILES string of the molecule is CN1C(N)=N[C@](C)(c2cc(/C=C(\F)c3ccc4c(n3)OCCO4)ccc2F)CS1(=O)=O. The first kappa shape index (κ1) is 21.0. The van der Waals surface area contributed by atoms with Gasteiger partial charge in [0.2, 0.25) is 16.0 Å². The Balaban J connectivity index is 1.72. The number of sulfonamides is 1. The van der Waals surface area contributed by atoms with Gasteiger partial charge in [0.15, 0.2) is 5.75 Å². The van der Waals surface area contributed by atoms with E-state index in [0.29, 0.717) is 24.5 Å². The van der Waals surface area contributed by atoms with Crippen LogP contribution in [-0.4, -0.2) is 49.7 Å². The number of halogens is 2. The van der Waals surface area contributed by atoms with E-state index in [-0.39, 0.29) is 23.1 Å². The molecule has 1 aromatic carbocycles. The van der Waals surface area contributed by atoms with Crippen LogP contribution >= 0.6 is 0 Å². The van der Waals surface area contributed by atoms with Crippen molar-refractivity contribution in [2.45, 2.75) is 12.5 Å². The van der Waals surface area contributed by atoms with Crippen LogP contribution in [0.1, 0.15) is 23.7 Å². The molecule has 0 radical (unpaired) electrons. The zero-order valence-corrected chi connectivity index (χ0v) is 17.6. The summed E-state index contributed by atoms with van der Waals surface area (Å²) in [5, 5.41) is 0. The lowest BCUT2D eigenvalue weighted by molar-refractivity contribution is 0.164. The van der Waals surface area contributed by atoms with Gasteiger partial charge in [-0.1, -0.05) is 6.07 Å². The van der Waals surface area contributed by atoms with Crippen molar-refractivity contribution in [3.63, 3.8) is 0 Å². The zero-order chi connectivity index (χ0) is 22.4. The van der Waals surface area contributed by atoms with Crippen molar-refractivity contribution < 1.29 is 26.7 Å². The largest absolute Gasteiger partial charge is 0.484 e. The molecule has 2 N–H and O–H groups in total. The zero-order valence-electron chi connectivity index (χ0n) is 16.8. The summed E-state index contributed by atoms with van der Waals surface area (Å²) in [4.78, 5) is 8.29. The maximum Gasteiger partial charge on any atom is 0.257 e. The van der Waals surface area contributed by atoms with Crippen LogP contribution in [-0.2, 0) is 15.6 Å². The van der Waals surface area contributed by atoms with Crippen molar-refractivity contribution >= 4 is 27.9 Å². The average Bonchev–Trinajstić information content (AvgIpc) is 2.72. The van der Waals surface area contributed by atoms with Gasteiger partial charge < -0.3 is 15.2 Å². The molecule has 164 valence electrons. The summed E-state index contributed by atoms with van der Waals surface area (Å²) < 4.78 is 65.9. The van der Waals surface area contributed by atoms with Crippen LogP contribution in [0.2, 0.25) is 0 Å². The molecule has 0 saturated carbocycles. The average molecular weight is 450 g/mol. The molecule has 1 atom stereocenters. The summed E-state index contributed by atoms with van der Waals surface area (Å²) in [6, 6.07) is 6.86. The number of hydrogen-bond donors (Lipinski definition) is 1. The maximum atomic E-state index is 14.9. The number of hydrogen-bond acceptors (Lipinski definition) is 7. The molecule has 0 saturated heterocycles. The Bertz CT molecular complexity index is 1220. The fourth-order valence-electron chi connectivity index (χ4n) is 3.42. The summed E-state index contributed by atoms with van der Waals surface area (Å²) in [5.41, 5.74) is 4.59. The van der Waals surface area contributed by atoms with E-state index in [1.54, 1.807) is 6.07 Å². The molecule has 0 spiro atoms. The molecule has 0 amide bonds. The third-order valence-corrected chi connectivity index (χ3v) is 7.03. The number of benzene rings is 1. The minimum absolute atomic E-state index is 0.0104. The summed E-state index contributed by atoms with van der Waals surface area (Å²) in [5.74, 6) is -1.46. The smallest absolute Gasteiger partial charge is 0.257 e. The molecule has 0 bridgehead atoms. The van der Waals surface area contributed by atoms with Gasteiger partial charge in [-0.25, -0.2) is 31.5 Å². The lowest BCUT2D eigenvalue weighted by Crippen LogP contribution is -2.50. The number of aromatic nitrogens is 1. The lowest BCUT2D eigenvalue weighted by atomic mass is 9.92. The summed E-state index contributed by atoms with van der Waals surface area (Å²) in [6.45, 7) is 2.17. The number of fused-ring (bicyclic) bond motifs is 1. The molecule has 2 aliphatic heterocycles. The predicted octanol–water partition coefficient (Wildman–Crippen LogP) is 2.26. The highest BCUT2D eigenvalue weighted by Gasteiger charge is 2.41. The Morgan fingerprint density at radius 1 is 1.26 bits per heavy atom. The van der Waals surface area contributed by atoms with Crippen LogP contribution in [0.15, 0.2) is 35.3 Å². The van der Waals surface area contributed by atoms with Crippen LogP contribution < -0.4 is 15.2 Å². The first-order valence-corrected chi connectivity index (χ1v) is 11.0. The lowest BCUT2D eigenvalue weighted by Gasteiger charge is -2.34. The van der Waals surface area contributed by atoms with Gasteiger partial charge in [-0.15, -0.1) is 0 Å². The molecule has 0 aliphatic carbocycles. The number of ether oxygens (including phenoxy) is 2. The van der Waals surface area contributed by atoms with Gasteiger partial charge in [-0.3, -0.25) is 0 Å². The van der Waals surface area contributed by atoms with Crippen molar-refractivity contribution in [1.82, 2.24) is 9.29 Å². The Kier molecular flexibility index (Phi) is 5.08. The Labute approximate surface area is 178 Å². The van der Waals surface area contributed by atoms with E-state index in [9.17, 15) is 17.2 Å². The molecule has 8 nitrogen and oxygen atoms in total. The molecule has 4 rings (SSSR count). The van der Waals surface area contributed by atoms with Crippen molar-refractivity contribution in [2.24, 2.45) is 10.7 Å². The maximum absolute atomic E-state index is 14.9. The monoisotopic (exact) mass is 450 g/mol. The highest BCUT2D eigenvalue weighted by atomic mass is 32.2. The molecule has 1 aromatic heterocycles. The number of aliphatic imine (C=N–C) groups is 1. The third-order valence-electron chi connectivity index (χ3n) is 5.08. The van der Waals surface area contributed by atoms with E-state index in [1.807, 2.05) is 0 Å². The second-order valence-electron chi connectivity index (χ2n) is 7.40. The predicted molar refractivity (Wildman–Crippen MR) is 111 cm³/mol. The standard InChI is InChI=1S/C20H20F2N4O4S/c1-20(11-31(27,28)26(2)19(23)25-20)13-9-12(3-4-14(13)21)10-15(22)16-5-6-17-18(24-16)30-8-7-29-17/h3-6,9-10H,7-8,11H2,1-2H3,(H2,23,25)/b15-10-/t20-/m0/s1. The van der Waals surface area contributed by atoms with Gasteiger partial charge in [0, 0.05) is 12.6 Å². The topological polar surface area (TPSA) is 107 Å². The first-order chi connectivity index (χ1) is 14.6. The van der Waals surface area contributed by atoms with Gasteiger partial charge in [0.1, 0.15) is 36.1 Å². The summed E-state index contributed by atoms with van der Waals surface area (Å²) >= 11 is 0. The Morgan fingerprint density at radius 2 is 2.00 bits per heavy atom. The molecule has 11 heteroatoms. The fourth-order valence-corrected chi connectivity index (χ4v) is 4.87. The molecule has 0 fully saturated rings. The number of pyridine rings is 1. The third kappa shape index (κ3) is 3.92. The van der Waals surface area contributed by atoms with E-state index in [0.717, 1.165) is 10.4 Å². The fraction of sp³-hybridized carbons (Fsp3) is 0.300. The second kappa shape index (κ2) is 7.49. The number of guanidine groups is 1. The summed E-state index contributed by atoms with van der Waals surface area (Å²) in [6.07, 6.45) is 1.17. The van der Waals surface area contributed by atoms with Crippen molar-refractivity contribution in [3.8, 4) is 11.6 Å². The Morgan fingerprint density at radius 3 is 2.74 bits per heavy atom. The van der Waals surface area contributed by atoms with Crippen molar-refractivity contribution in [2.75, 3.05) is 26.0 Å². The van der Waals surface area contributed by atoms with E-state index >= 15 is 0 Å². The summed E-state index contributed by atoms with van der Waals surface area (Å²) in [7, 11) is -2.51. The van der Waals surface area contributed by atoms with Crippen LogP contribution in [0, 0.1) is 5.82 Å². The molecule has 2 aromatic rings. The molecular formula is C20H20F2N4O4S. The van der Waals surface area contributed by atoms with E-state index < -0.39 is 33.0 Å². The van der Waals surface area contributed by atoms with Crippen LogP contribution in [0.5, 0.6) is 11.6 Å². The van der Waals surface area contributed by atoms with Gasteiger partial charge in [0.25, 0.3) is 5.88 Å². The molecule has 3 heterocycles. The van der Waals surface area contributed by atoms with E-state index in [4.69, 9.17) is 15.2 Å². The molecule has 0 unspecified atom stereocenters.